The van der Waals surface area contributed by atoms with Gasteiger partial charge in [-0.1, -0.05) is 29.8 Å². The van der Waals surface area contributed by atoms with Crippen LogP contribution in [0.1, 0.15) is 36.8 Å². The Morgan fingerprint density at radius 3 is 2.67 bits per heavy atom. The summed E-state index contributed by atoms with van der Waals surface area (Å²) < 4.78 is 4.90. The standard InChI is InChI=1S/C19H28N2O3/c1-14-3-5-15(6-4-14)9-11-20-19(23)16-7-8-17(13-16)21-18(22)10-12-24-2/h3-6,16-17H,7-13H2,1-2H3,(H,20,23)(H,21,22)/t16-,17+/m0/s1. The Bertz CT molecular complexity index is 542. The van der Waals surface area contributed by atoms with E-state index in [0.717, 1.165) is 25.7 Å². The van der Waals surface area contributed by atoms with Crippen LogP contribution in [-0.2, 0) is 20.7 Å². The number of methoxy groups -OCH3 is 1. The lowest BCUT2D eigenvalue weighted by molar-refractivity contribution is -0.125. The molecule has 5 nitrogen and oxygen atoms in total. The van der Waals surface area contributed by atoms with Crippen molar-refractivity contribution in [2.75, 3.05) is 20.3 Å². The number of carbonyl (C=O) groups is 2. The third-order valence-electron chi connectivity index (χ3n) is 4.54. The van der Waals surface area contributed by atoms with Crippen molar-refractivity contribution in [3.05, 3.63) is 35.4 Å². The molecule has 1 aliphatic carbocycles. The monoisotopic (exact) mass is 332 g/mol. The predicted molar refractivity (Wildman–Crippen MR) is 93.7 cm³/mol. The Morgan fingerprint density at radius 1 is 1.21 bits per heavy atom. The van der Waals surface area contributed by atoms with Crippen LogP contribution in [0.5, 0.6) is 0 Å². The second kappa shape index (κ2) is 9.42. The molecule has 1 aliphatic rings. The lowest BCUT2D eigenvalue weighted by Gasteiger charge is -2.14. The average Bonchev–Trinajstić information content (AvgIpc) is 3.03. The minimum Gasteiger partial charge on any atom is -0.384 e. The van der Waals surface area contributed by atoms with Crippen LogP contribution in [0.4, 0.5) is 0 Å². The van der Waals surface area contributed by atoms with Crippen molar-refractivity contribution in [3.8, 4) is 0 Å². The van der Waals surface area contributed by atoms with E-state index in [1.165, 1.54) is 11.1 Å². The maximum absolute atomic E-state index is 12.2. The predicted octanol–water partition coefficient (Wildman–Crippen LogP) is 1.98. The molecule has 2 amide bonds. The lowest BCUT2D eigenvalue weighted by Crippen LogP contribution is -2.35. The lowest BCUT2D eigenvalue weighted by atomic mass is 10.1. The van der Waals surface area contributed by atoms with Crippen molar-refractivity contribution in [1.82, 2.24) is 10.6 Å². The summed E-state index contributed by atoms with van der Waals surface area (Å²) in [6.45, 7) is 3.15. The maximum Gasteiger partial charge on any atom is 0.223 e. The van der Waals surface area contributed by atoms with Crippen LogP contribution in [0.25, 0.3) is 0 Å². The molecule has 1 fully saturated rings. The van der Waals surface area contributed by atoms with Gasteiger partial charge < -0.3 is 15.4 Å². The fourth-order valence-electron chi connectivity index (χ4n) is 3.07. The van der Waals surface area contributed by atoms with E-state index in [2.05, 4.69) is 41.8 Å². The molecule has 0 radical (unpaired) electrons. The molecule has 0 saturated heterocycles. The van der Waals surface area contributed by atoms with E-state index in [4.69, 9.17) is 4.74 Å². The van der Waals surface area contributed by atoms with E-state index in [1.54, 1.807) is 7.11 Å². The minimum absolute atomic E-state index is 0.00211. The Kier molecular flexibility index (Phi) is 7.25. The Labute approximate surface area is 144 Å². The Balaban J connectivity index is 1.66. The summed E-state index contributed by atoms with van der Waals surface area (Å²) in [5.74, 6) is 0.119. The van der Waals surface area contributed by atoms with Crippen molar-refractivity contribution >= 4 is 11.8 Å². The molecule has 5 heteroatoms. The number of hydrogen-bond donors (Lipinski definition) is 2. The van der Waals surface area contributed by atoms with Gasteiger partial charge in [-0.3, -0.25) is 9.59 Å². The molecule has 0 aromatic heterocycles. The first kappa shape index (κ1) is 18.5. The van der Waals surface area contributed by atoms with Gasteiger partial charge in [0.2, 0.25) is 11.8 Å². The topological polar surface area (TPSA) is 67.4 Å². The van der Waals surface area contributed by atoms with Gasteiger partial charge in [0.25, 0.3) is 0 Å². The molecule has 0 spiro atoms. The van der Waals surface area contributed by atoms with Crippen molar-refractivity contribution in [3.63, 3.8) is 0 Å². The van der Waals surface area contributed by atoms with Crippen LogP contribution in [0, 0.1) is 12.8 Å². The van der Waals surface area contributed by atoms with Crippen molar-refractivity contribution in [1.29, 1.82) is 0 Å². The van der Waals surface area contributed by atoms with Gasteiger partial charge in [0.05, 0.1) is 6.61 Å². The molecule has 1 saturated carbocycles. The van der Waals surface area contributed by atoms with E-state index in [9.17, 15) is 9.59 Å². The van der Waals surface area contributed by atoms with Crippen LogP contribution < -0.4 is 10.6 Å². The van der Waals surface area contributed by atoms with Gasteiger partial charge >= 0.3 is 0 Å². The summed E-state index contributed by atoms with van der Waals surface area (Å²) in [5, 5.41) is 6.01. The SMILES string of the molecule is COCCC(=O)N[C@@H]1CC[C@H](C(=O)NCCc2ccc(C)cc2)C1. The number of ether oxygens (including phenoxy) is 1. The second-order valence-corrected chi connectivity index (χ2v) is 6.54. The zero-order valence-electron chi connectivity index (χ0n) is 14.6. The third kappa shape index (κ3) is 5.96. The van der Waals surface area contributed by atoms with E-state index >= 15 is 0 Å². The first-order valence-electron chi connectivity index (χ1n) is 8.70. The van der Waals surface area contributed by atoms with Crippen molar-refractivity contribution < 1.29 is 14.3 Å². The van der Waals surface area contributed by atoms with E-state index < -0.39 is 0 Å². The van der Waals surface area contributed by atoms with Gasteiger partial charge in [-0.15, -0.1) is 0 Å². The highest BCUT2D eigenvalue weighted by Gasteiger charge is 2.30. The Morgan fingerprint density at radius 2 is 1.96 bits per heavy atom. The Hall–Kier alpha value is -1.88. The van der Waals surface area contributed by atoms with Gasteiger partial charge in [-0.25, -0.2) is 0 Å². The number of hydrogen-bond acceptors (Lipinski definition) is 3. The highest BCUT2D eigenvalue weighted by Crippen LogP contribution is 2.25. The number of benzene rings is 1. The van der Waals surface area contributed by atoms with Crippen LogP contribution in [-0.4, -0.2) is 38.1 Å². The van der Waals surface area contributed by atoms with Crippen LogP contribution in [0.3, 0.4) is 0 Å². The summed E-state index contributed by atoms with van der Waals surface area (Å²) in [6.07, 6.45) is 3.66. The molecular weight excluding hydrogens is 304 g/mol. The molecule has 0 heterocycles. The fourth-order valence-corrected chi connectivity index (χ4v) is 3.07. The van der Waals surface area contributed by atoms with Crippen LogP contribution in [0.2, 0.25) is 0 Å². The first-order valence-corrected chi connectivity index (χ1v) is 8.70. The highest BCUT2D eigenvalue weighted by molar-refractivity contribution is 5.80. The normalized spacial score (nSPS) is 19.9. The zero-order valence-corrected chi connectivity index (χ0v) is 14.6. The second-order valence-electron chi connectivity index (χ2n) is 6.54. The van der Waals surface area contributed by atoms with E-state index in [1.807, 2.05) is 0 Å². The molecular formula is C19H28N2O3. The van der Waals surface area contributed by atoms with Crippen LogP contribution >= 0.6 is 0 Å². The van der Waals surface area contributed by atoms with E-state index in [-0.39, 0.29) is 23.8 Å². The molecule has 1 aromatic rings. The number of amides is 2. The molecule has 2 rings (SSSR count). The fraction of sp³-hybridized carbons (Fsp3) is 0.579. The largest absolute Gasteiger partial charge is 0.384 e. The number of rotatable bonds is 8. The molecule has 0 aliphatic heterocycles. The summed E-state index contributed by atoms with van der Waals surface area (Å²) in [4.78, 5) is 23.9. The van der Waals surface area contributed by atoms with Crippen molar-refractivity contribution in [2.24, 2.45) is 5.92 Å². The minimum atomic E-state index is 0.00211. The summed E-state index contributed by atoms with van der Waals surface area (Å²) >= 11 is 0. The maximum atomic E-state index is 12.2. The zero-order chi connectivity index (χ0) is 17.4. The first-order chi connectivity index (χ1) is 11.6. The number of nitrogens with one attached hydrogen (secondary N) is 2. The van der Waals surface area contributed by atoms with Gasteiger partial charge in [-0.05, 0) is 38.2 Å². The van der Waals surface area contributed by atoms with Gasteiger partial charge in [0.1, 0.15) is 0 Å². The molecule has 24 heavy (non-hydrogen) atoms. The van der Waals surface area contributed by atoms with Gasteiger partial charge in [0.15, 0.2) is 0 Å². The summed E-state index contributed by atoms with van der Waals surface area (Å²) in [6, 6.07) is 8.49. The molecule has 132 valence electrons. The van der Waals surface area contributed by atoms with Crippen molar-refractivity contribution in [2.45, 2.75) is 45.1 Å². The average molecular weight is 332 g/mol. The molecule has 0 bridgehead atoms. The third-order valence-corrected chi connectivity index (χ3v) is 4.54. The number of aryl methyl sites for hydroxylation is 1. The summed E-state index contributed by atoms with van der Waals surface area (Å²) in [7, 11) is 1.58. The molecule has 2 N–H and O–H groups in total. The number of carbonyl (C=O) groups excluding carboxylic acids is 2. The molecule has 0 unspecified atom stereocenters. The van der Waals surface area contributed by atoms with E-state index in [0.29, 0.717) is 19.6 Å². The smallest absolute Gasteiger partial charge is 0.223 e. The molecule has 2 atom stereocenters. The highest BCUT2D eigenvalue weighted by atomic mass is 16.5. The summed E-state index contributed by atoms with van der Waals surface area (Å²) in [5.41, 5.74) is 2.47. The van der Waals surface area contributed by atoms with Gasteiger partial charge in [-0.2, -0.15) is 0 Å². The molecule has 1 aromatic carbocycles. The van der Waals surface area contributed by atoms with Crippen LogP contribution in [0.15, 0.2) is 24.3 Å². The quantitative estimate of drug-likeness (QED) is 0.765. The van der Waals surface area contributed by atoms with Gasteiger partial charge in [0, 0.05) is 32.0 Å².